The van der Waals surface area contributed by atoms with E-state index in [4.69, 9.17) is 11.6 Å². The number of hydrogen-bond acceptors (Lipinski definition) is 3. The van der Waals surface area contributed by atoms with Gasteiger partial charge in [-0.2, -0.15) is 0 Å². The molecule has 25 heavy (non-hydrogen) atoms. The highest BCUT2D eigenvalue weighted by molar-refractivity contribution is 7.92. The van der Waals surface area contributed by atoms with Crippen molar-refractivity contribution in [3.8, 4) is 0 Å². The fourth-order valence-corrected chi connectivity index (χ4v) is 4.23. The van der Waals surface area contributed by atoms with Crippen molar-refractivity contribution in [2.45, 2.75) is 37.5 Å². The highest BCUT2D eigenvalue weighted by Crippen LogP contribution is 2.28. The summed E-state index contributed by atoms with van der Waals surface area (Å²) in [5.74, 6) is -0.281. The molecule has 0 heterocycles. The number of aryl methyl sites for hydroxylation is 2. The summed E-state index contributed by atoms with van der Waals surface area (Å²) in [5.41, 5.74) is 3.03. The summed E-state index contributed by atoms with van der Waals surface area (Å²) in [7, 11) is -3.71. The second-order valence-electron chi connectivity index (χ2n) is 6.12. The molecule has 1 amide bonds. The van der Waals surface area contributed by atoms with E-state index in [1.165, 1.54) is 24.6 Å². The van der Waals surface area contributed by atoms with Crippen LogP contribution in [0.1, 0.15) is 30.9 Å². The SMILES string of the molecule is CC(=O)Nc1cc(NS(=O)(=O)c2ccc3c(c2)CCCC3)ccc1Cl. The van der Waals surface area contributed by atoms with Crippen molar-refractivity contribution in [3.05, 3.63) is 52.5 Å². The maximum atomic E-state index is 12.7. The summed E-state index contributed by atoms with van der Waals surface area (Å²) in [6, 6.07) is 9.88. The van der Waals surface area contributed by atoms with Crippen molar-refractivity contribution >= 4 is 38.9 Å². The van der Waals surface area contributed by atoms with Gasteiger partial charge in [-0.05, 0) is 67.1 Å². The van der Waals surface area contributed by atoms with Crippen molar-refractivity contribution in [1.82, 2.24) is 0 Å². The molecule has 7 heteroatoms. The monoisotopic (exact) mass is 378 g/mol. The molecule has 3 rings (SSSR count). The zero-order valence-corrected chi connectivity index (χ0v) is 15.4. The molecule has 0 saturated carbocycles. The number of sulfonamides is 1. The van der Waals surface area contributed by atoms with Crippen LogP contribution < -0.4 is 10.0 Å². The van der Waals surface area contributed by atoms with Gasteiger partial charge in [-0.25, -0.2) is 8.42 Å². The lowest BCUT2D eigenvalue weighted by atomic mass is 9.92. The molecule has 0 atom stereocenters. The maximum Gasteiger partial charge on any atom is 0.261 e. The van der Waals surface area contributed by atoms with Crippen LogP contribution >= 0.6 is 11.6 Å². The molecule has 2 N–H and O–H groups in total. The average molecular weight is 379 g/mol. The van der Waals surface area contributed by atoms with Gasteiger partial charge in [0.05, 0.1) is 21.3 Å². The average Bonchev–Trinajstić information content (AvgIpc) is 2.57. The van der Waals surface area contributed by atoms with E-state index in [0.717, 1.165) is 31.2 Å². The zero-order chi connectivity index (χ0) is 18.0. The molecule has 0 spiro atoms. The molecule has 1 aliphatic carbocycles. The number of carbonyl (C=O) groups is 1. The lowest BCUT2D eigenvalue weighted by Crippen LogP contribution is -2.15. The van der Waals surface area contributed by atoms with Crippen LogP contribution in [0.5, 0.6) is 0 Å². The summed E-state index contributed by atoms with van der Waals surface area (Å²) in [5, 5.41) is 2.91. The third-order valence-corrected chi connectivity index (χ3v) is 5.87. The lowest BCUT2D eigenvalue weighted by Gasteiger charge is -2.17. The predicted molar refractivity (Wildman–Crippen MR) is 99.6 cm³/mol. The number of anilines is 2. The molecule has 132 valence electrons. The highest BCUT2D eigenvalue weighted by atomic mass is 35.5. The molecule has 5 nitrogen and oxygen atoms in total. The largest absolute Gasteiger partial charge is 0.325 e. The minimum atomic E-state index is -3.71. The van der Waals surface area contributed by atoms with Gasteiger partial charge in [0.1, 0.15) is 0 Å². The third kappa shape index (κ3) is 4.14. The van der Waals surface area contributed by atoms with Gasteiger partial charge in [-0.15, -0.1) is 0 Å². The van der Waals surface area contributed by atoms with E-state index < -0.39 is 10.0 Å². The van der Waals surface area contributed by atoms with Crippen LogP contribution in [0, 0.1) is 0 Å². The molecule has 0 bridgehead atoms. The molecule has 0 radical (unpaired) electrons. The molecular weight excluding hydrogens is 360 g/mol. The first-order valence-corrected chi connectivity index (χ1v) is 9.93. The Morgan fingerprint density at radius 2 is 1.76 bits per heavy atom. The first-order chi connectivity index (χ1) is 11.8. The maximum absolute atomic E-state index is 12.7. The smallest absolute Gasteiger partial charge is 0.261 e. The zero-order valence-electron chi connectivity index (χ0n) is 13.8. The predicted octanol–water partition coefficient (Wildman–Crippen LogP) is 3.98. The molecule has 0 fully saturated rings. The van der Waals surface area contributed by atoms with Crippen LogP contribution in [-0.4, -0.2) is 14.3 Å². The van der Waals surface area contributed by atoms with Crippen molar-refractivity contribution in [2.75, 3.05) is 10.0 Å². The van der Waals surface area contributed by atoms with Gasteiger partial charge in [0.25, 0.3) is 10.0 Å². The Morgan fingerprint density at radius 3 is 2.48 bits per heavy atom. The molecule has 2 aromatic carbocycles. The van der Waals surface area contributed by atoms with Crippen molar-refractivity contribution in [1.29, 1.82) is 0 Å². The fourth-order valence-electron chi connectivity index (χ4n) is 2.97. The molecular formula is C18H19ClN2O3S. The first-order valence-electron chi connectivity index (χ1n) is 8.07. The number of nitrogens with one attached hydrogen (secondary N) is 2. The number of rotatable bonds is 4. The van der Waals surface area contributed by atoms with Crippen LogP contribution in [0.3, 0.4) is 0 Å². The second-order valence-corrected chi connectivity index (χ2v) is 8.21. The summed E-state index contributed by atoms with van der Waals surface area (Å²) in [4.78, 5) is 11.5. The Morgan fingerprint density at radius 1 is 1.04 bits per heavy atom. The Bertz CT molecular complexity index is 926. The van der Waals surface area contributed by atoms with E-state index in [9.17, 15) is 13.2 Å². The van der Waals surface area contributed by atoms with Crippen molar-refractivity contribution < 1.29 is 13.2 Å². The molecule has 0 saturated heterocycles. The first kappa shape index (κ1) is 17.8. The Hall–Kier alpha value is -2.05. The molecule has 0 aliphatic heterocycles. The van der Waals surface area contributed by atoms with E-state index in [1.54, 1.807) is 18.2 Å². The van der Waals surface area contributed by atoms with E-state index in [2.05, 4.69) is 10.0 Å². The number of amides is 1. The van der Waals surface area contributed by atoms with Crippen LogP contribution in [0.15, 0.2) is 41.3 Å². The van der Waals surface area contributed by atoms with Gasteiger partial charge in [0.2, 0.25) is 5.91 Å². The minimum Gasteiger partial charge on any atom is -0.325 e. The summed E-state index contributed by atoms with van der Waals surface area (Å²) >= 11 is 6.02. The third-order valence-electron chi connectivity index (χ3n) is 4.16. The van der Waals surface area contributed by atoms with Gasteiger partial charge >= 0.3 is 0 Å². The number of carbonyl (C=O) groups excluding carboxylic acids is 1. The number of fused-ring (bicyclic) bond motifs is 1. The van der Waals surface area contributed by atoms with E-state index in [0.29, 0.717) is 16.4 Å². The van der Waals surface area contributed by atoms with Gasteiger partial charge in [-0.3, -0.25) is 9.52 Å². The topological polar surface area (TPSA) is 75.3 Å². The van der Waals surface area contributed by atoms with Crippen molar-refractivity contribution in [2.24, 2.45) is 0 Å². The van der Waals surface area contributed by atoms with Crippen LogP contribution in [-0.2, 0) is 27.7 Å². The highest BCUT2D eigenvalue weighted by Gasteiger charge is 2.18. The fraction of sp³-hybridized carbons (Fsp3) is 0.278. The van der Waals surface area contributed by atoms with Crippen molar-refractivity contribution in [3.63, 3.8) is 0 Å². The van der Waals surface area contributed by atoms with E-state index in [1.807, 2.05) is 6.07 Å². The van der Waals surface area contributed by atoms with Crippen LogP contribution in [0.4, 0.5) is 11.4 Å². The molecule has 0 aromatic heterocycles. The Balaban J connectivity index is 1.88. The van der Waals surface area contributed by atoms with Crippen LogP contribution in [0.2, 0.25) is 5.02 Å². The van der Waals surface area contributed by atoms with Gasteiger partial charge in [-0.1, -0.05) is 17.7 Å². The normalized spacial score (nSPS) is 13.8. The van der Waals surface area contributed by atoms with E-state index >= 15 is 0 Å². The standard InChI is InChI=1S/C18H19ClN2O3S/c1-12(22)20-18-11-15(7-9-17(18)19)21-25(23,24)16-8-6-13-4-2-3-5-14(13)10-16/h6-11,21H,2-5H2,1H3,(H,20,22). The number of benzene rings is 2. The quantitative estimate of drug-likeness (QED) is 0.844. The summed E-state index contributed by atoms with van der Waals surface area (Å²) < 4.78 is 27.9. The Labute approximate surface area is 152 Å². The van der Waals surface area contributed by atoms with Crippen LogP contribution in [0.25, 0.3) is 0 Å². The van der Waals surface area contributed by atoms with Gasteiger partial charge < -0.3 is 5.32 Å². The summed E-state index contributed by atoms with van der Waals surface area (Å²) in [6.07, 6.45) is 4.14. The van der Waals surface area contributed by atoms with E-state index in [-0.39, 0.29) is 10.8 Å². The minimum absolute atomic E-state index is 0.240. The molecule has 1 aliphatic rings. The van der Waals surface area contributed by atoms with Gasteiger partial charge in [0, 0.05) is 6.92 Å². The number of hydrogen-bond donors (Lipinski definition) is 2. The lowest BCUT2D eigenvalue weighted by molar-refractivity contribution is -0.114. The van der Waals surface area contributed by atoms with Gasteiger partial charge in [0.15, 0.2) is 0 Å². The molecule has 0 unspecified atom stereocenters. The summed E-state index contributed by atoms with van der Waals surface area (Å²) in [6.45, 7) is 1.36. The number of halogens is 1. The second kappa shape index (κ2) is 7.06. The molecule has 2 aromatic rings. The Kier molecular flexibility index (Phi) is 5.01.